The van der Waals surface area contributed by atoms with Crippen LogP contribution >= 0.6 is 23.2 Å². The summed E-state index contributed by atoms with van der Waals surface area (Å²) in [4.78, 5) is 15.0. The number of hydrogen-bond donors (Lipinski definition) is 0. The van der Waals surface area contributed by atoms with Gasteiger partial charge in [-0.1, -0.05) is 29.3 Å². The Balaban J connectivity index is 2.61. The molecule has 0 N–H and O–H groups in total. The number of rotatable bonds is 1. The molecule has 0 atom stereocenters. The molecule has 4 nitrogen and oxygen atoms in total. The van der Waals surface area contributed by atoms with Crippen LogP contribution in [0.15, 0.2) is 29.2 Å². The second kappa shape index (κ2) is 4.82. The fraction of sp³-hybridized carbons (Fsp3) is 0.100. The van der Waals surface area contributed by atoms with Gasteiger partial charge in [0.2, 0.25) is 0 Å². The first-order valence-corrected chi connectivity index (χ1v) is 5.54. The highest BCUT2D eigenvalue weighted by Crippen LogP contribution is 2.27. The molecule has 2 heterocycles. The lowest BCUT2D eigenvalue weighted by molar-refractivity contribution is -0.141. The van der Waals surface area contributed by atoms with Gasteiger partial charge in [0.15, 0.2) is 5.82 Å². The summed E-state index contributed by atoms with van der Waals surface area (Å²) in [5, 5.41) is 3.16. The van der Waals surface area contributed by atoms with Gasteiger partial charge in [0.1, 0.15) is 10.7 Å². The molecule has 0 aromatic carbocycles. The van der Waals surface area contributed by atoms with Gasteiger partial charge >= 0.3 is 6.18 Å². The van der Waals surface area contributed by atoms with Crippen LogP contribution in [0.3, 0.4) is 0 Å². The van der Waals surface area contributed by atoms with E-state index in [0.717, 1.165) is 18.3 Å². The standard InChI is InChI=1S/C10H4Cl2F3N3O/c11-5-4-16-18(9(19)8(5)12)7-3-1-2-6(17-7)10(13,14)15/h1-4H. The molecule has 0 spiro atoms. The number of halogens is 5. The lowest BCUT2D eigenvalue weighted by Crippen LogP contribution is -2.23. The molecule has 100 valence electrons. The molecule has 2 aromatic heterocycles. The Kier molecular flexibility index (Phi) is 3.51. The Bertz CT molecular complexity index is 684. The maximum absolute atomic E-state index is 12.5. The van der Waals surface area contributed by atoms with Crippen molar-refractivity contribution in [2.45, 2.75) is 6.18 Å². The molecule has 19 heavy (non-hydrogen) atoms. The van der Waals surface area contributed by atoms with E-state index in [1.165, 1.54) is 6.07 Å². The molecule has 0 saturated carbocycles. The number of pyridine rings is 1. The summed E-state index contributed by atoms with van der Waals surface area (Å²) in [7, 11) is 0. The summed E-state index contributed by atoms with van der Waals surface area (Å²) in [6.07, 6.45) is -3.57. The highest BCUT2D eigenvalue weighted by Gasteiger charge is 2.32. The molecule has 0 aliphatic carbocycles. The van der Waals surface area contributed by atoms with Crippen molar-refractivity contribution in [2.75, 3.05) is 0 Å². The van der Waals surface area contributed by atoms with Crippen molar-refractivity contribution in [3.63, 3.8) is 0 Å². The van der Waals surface area contributed by atoms with E-state index in [0.29, 0.717) is 4.68 Å². The molecule has 0 aliphatic heterocycles. The topological polar surface area (TPSA) is 47.8 Å². The van der Waals surface area contributed by atoms with Crippen LogP contribution in [0.25, 0.3) is 5.82 Å². The fourth-order valence-corrected chi connectivity index (χ4v) is 1.53. The van der Waals surface area contributed by atoms with E-state index in [1.54, 1.807) is 0 Å². The molecule has 9 heteroatoms. The minimum absolute atomic E-state index is 0.0881. The van der Waals surface area contributed by atoms with Crippen LogP contribution in [-0.2, 0) is 6.18 Å². The Morgan fingerprint density at radius 3 is 2.53 bits per heavy atom. The van der Waals surface area contributed by atoms with E-state index in [2.05, 4.69) is 10.1 Å². The maximum atomic E-state index is 12.5. The third kappa shape index (κ3) is 2.71. The average Bonchev–Trinajstić information content (AvgIpc) is 2.35. The fourth-order valence-electron chi connectivity index (χ4n) is 1.27. The van der Waals surface area contributed by atoms with Crippen LogP contribution < -0.4 is 5.56 Å². The third-order valence-electron chi connectivity index (χ3n) is 2.12. The summed E-state index contributed by atoms with van der Waals surface area (Å²) in [5.74, 6) is -0.293. The highest BCUT2D eigenvalue weighted by atomic mass is 35.5. The first-order chi connectivity index (χ1) is 8.80. The van der Waals surface area contributed by atoms with Crippen LogP contribution in [0.5, 0.6) is 0 Å². The van der Waals surface area contributed by atoms with Crippen molar-refractivity contribution in [3.8, 4) is 5.82 Å². The van der Waals surface area contributed by atoms with Crippen molar-refractivity contribution < 1.29 is 13.2 Å². The Hall–Kier alpha value is -1.60. The highest BCUT2D eigenvalue weighted by molar-refractivity contribution is 6.41. The predicted octanol–water partition coefficient (Wildman–Crippen LogP) is 2.95. The van der Waals surface area contributed by atoms with Crippen LogP contribution in [0, 0.1) is 0 Å². The van der Waals surface area contributed by atoms with E-state index < -0.39 is 17.4 Å². The van der Waals surface area contributed by atoms with Crippen molar-refractivity contribution in [1.82, 2.24) is 14.8 Å². The van der Waals surface area contributed by atoms with Gasteiger partial charge in [-0.15, -0.1) is 0 Å². The van der Waals surface area contributed by atoms with E-state index in [-0.39, 0.29) is 15.9 Å². The molecule has 0 bridgehead atoms. The largest absolute Gasteiger partial charge is 0.433 e. The summed E-state index contributed by atoms with van der Waals surface area (Å²) < 4.78 is 38.2. The van der Waals surface area contributed by atoms with Crippen molar-refractivity contribution >= 4 is 23.2 Å². The molecule has 0 saturated heterocycles. The molecular weight excluding hydrogens is 306 g/mol. The monoisotopic (exact) mass is 309 g/mol. The van der Waals surface area contributed by atoms with Crippen molar-refractivity contribution in [3.05, 3.63) is 50.5 Å². The van der Waals surface area contributed by atoms with E-state index in [9.17, 15) is 18.0 Å². The van der Waals surface area contributed by atoms with E-state index in [1.807, 2.05) is 0 Å². The van der Waals surface area contributed by atoms with Crippen molar-refractivity contribution in [2.24, 2.45) is 0 Å². The molecule has 0 fully saturated rings. The first-order valence-electron chi connectivity index (χ1n) is 4.78. The zero-order valence-electron chi connectivity index (χ0n) is 8.95. The van der Waals surface area contributed by atoms with Crippen LogP contribution in [0.1, 0.15) is 5.69 Å². The van der Waals surface area contributed by atoms with Gasteiger partial charge in [-0.2, -0.15) is 23.0 Å². The minimum atomic E-state index is -4.62. The van der Waals surface area contributed by atoms with Gasteiger partial charge < -0.3 is 0 Å². The summed E-state index contributed by atoms with van der Waals surface area (Å²) >= 11 is 11.2. The van der Waals surface area contributed by atoms with Crippen LogP contribution in [0.2, 0.25) is 10.0 Å². The van der Waals surface area contributed by atoms with Crippen molar-refractivity contribution in [1.29, 1.82) is 0 Å². The number of nitrogens with zero attached hydrogens (tertiary/aromatic N) is 3. The molecule has 0 amide bonds. The smallest absolute Gasteiger partial charge is 0.266 e. The molecule has 0 aliphatic rings. The minimum Gasteiger partial charge on any atom is -0.266 e. The molecular formula is C10H4Cl2F3N3O. The normalized spacial score (nSPS) is 11.6. The summed E-state index contributed by atoms with van der Waals surface area (Å²) in [6.45, 7) is 0. The second-order valence-electron chi connectivity index (χ2n) is 3.40. The molecule has 0 radical (unpaired) electrons. The zero-order chi connectivity index (χ0) is 14.2. The summed E-state index contributed by atoms with van der Waals surface area (Å²) in [5.41, 5.74) is -1.98. The average molecular weight is 310 g/mol. The third-order valence-corrected chi connectivity index (χ3v) is 2.87. The Labute approximate surface area is 114 Å². The van der Waals surface area contributed by atoms with E-state index in [4.69, 9.17) is 23.2 Å². The zero-order valence-corrected chi connectivity index (χ0v) is 10.5. The first kappa shape index (κ1) is 13.8. The van der Waals surface area contributed by atoms with Crippen LogP contribution in [0.4, 0.5) is 13.2 Å². The SMILES string of the molecule is O=c1c(Cl)c(Cl)cnn1-c1cccc(C(F)(F)F)n1. The second-order valence-corrected chi connectivity index (χ2v) is 4.19. The van der Waals surface area contributed by atoms with Gasteiger partial charge in [0.25, 0.3) is 5.56 Å². The van der Waals surface area contributed by atoms with Crippen LogP contribution in [-0.4, -0.2) is 14.8 Å². The molecule has 2 rings (SSSR count). The molecule has 2 aromatic rings. The summed E-state index contributed by atoms with van der Waals surface area (Å²) in [6, 6.07) is 3.10. The Morgan fingerprint density at radius 2 is 1.89 bits per heavy atom. The maximum Gasteiger partial charge on any atom is 0.433 e. The van der Waals surface area contributed by atoms with Gasteiger partial charge in [-0.3, -0.25) is 4.79 Å². The Morgan fingerprint density at radius 1 is 1.21 bits per heavy atom. The number of hydrogen-bond acceptors (Lipinski definition) is 3. The predicted molar refractivity (Wildman–Crippen MR) is 62.7 cm³/mol. The molecule has 0 unspecified atom stereocenters. The van der Waals surface area contributed by atoms with E-state index >= 15 is 0 Å². The lowest BCUT2D eigenvalue weighted by atomic mass is 10.3. The van der Waals surface area contributed by atoms with Gasteiger partial charge in [0, 0.05) is 0 Å². The lowest BCUT2D eigenvalue weighted by Gasteiger charge is -2.08. The number of alkyl halides is 3. The quantitative estimate of drug-likeness (QED) is 0.813. The number of aromatic nitrogens is 3. The van der Waals surface area contributed by atoms with Gasteiger partial charge in [0.05, 0.1) is 11.2 Å². The van der Waals surface area contributed by atoms with Gasteiger partial charge in [-0.05, 0) is 12.1 Å². The van der Waals surface area contributed by atoms with Gasteiger partial charge in [-0.25, -0.2) is 4.98 Å².